The van der Waals surface area contributed by atoms with Crippen molar-refractivity contribution in [3.63, 3.8) is 0 Å². The van der Waals surface area contributed by atoms with E-state index in [2.05, 4.69) is 165 Å². The summed E-state index contributed by atoms with van der Waals surface area (Å²) >= 11 is 0. The van der Waals surface area contributed by atoms with Crippen LogP contribution in [0, 0.1) is 0 Å². The Bertz CT molecular complexity index is 1910. The third kappa shape index (κ3) is 65.5. The van der Waals surface area contributed by atoms with Gasteiger partial charge in [0.2, 0.25) is 5.91 Å². The van der Waals surface area contributed by atoms with Crippen molar-refractivity contribution in [1.29, 1.82) is 0 Å². The molecule has 0 aliphatic carbocycles. The van der Waals surface area contributed by atoms with Crippen LogP contribution in [0.3, 0.4) is 0 Å². The van der Waals surface area contributed by atoms with Crippen LogP contribution >= 0.6 is 7.82 Å². The molecule has 0 spiro atoms. The van der Waals surface area contributed by atoms with Gasteiger partial charge < -0.3 is 19.8 Å². The van der Waals surface area contributed by atoms with Crippen LogP contribution in [0.4, 0.5) is 0 Å². The van der Waals surface area contributed by atoms with Crippen LogP contribution in [0.15, 0.2) is 158 Å². The minimum absolute atomic E-state index is 0.0419. The summed E-state index contributed by atoms with van der Waals surface area (Å²) in [5, 5.41) is 13.9. The maximum atomic E-state index is 13.0. The van der Waals surface area contributed by atoms with E-state index in [1.54, 1.807) is 6.08 Å². The fourth-order valence-electron chi connectivity index (χ4n) is 8.81. The molecule has 0 rings (SSSR count). The number of aliphatic hydroxyl groups is 1. The van der Waals surface area contributed by atoms with E-state index in [1.165, 1.54) is 96.3 Å². The standard InChI is InChI=1S/C74H125N2O6P/c1-6-8-10-12-14-16-18-20-22-24-26-28-30-32-33-34-35-36-37-38-39-40-41-42-43-44-46-48-50-52-54-56-58-60-62-64-66-68-74(78)75-72(71-82-83(79,80)81-70-69-76(3,4)5)73(77)67-65-63-61-59-57-55-53-51-49-47-45-31-29-27-25-23-21-19-17-15-13-11-9-7-2/h8,10,14,16,20,22,26,28,32-33,35-36,38-39,41-42,44,46,49-52,57,59,65,67,72-73,77H,6-7,9,11-13,15,17-19,21,23-25,27,29-31,34,37,40,43,45,47-48,53-56,58,60-64,66,68-71H2,1-5H3,(H-,75,78,79,80)/p+1/b10-8-,16-14-,22-20-,28-26-,33-32-,36-35-,39-38-,42-41-,46-44-,51-49+,52-50-,59-57+,67-65+. The predicted molar refractivity (Wildman–Crippen MR) is 364 cm³/mol. The van der Waals surface area contributed by atoms with E-state index in [4.69, 9.17) is 9.05 Å². The quantitative estimate of drug-likeness (QED) is 0.0243. The van der Waals surface area contributed by atoms with Crippen molar-refractivity contribution < 1.29 is 32.9 Å². The number of likely N-dealkylation sites (N-methyl/N-ethyl adjacent to an activating group) is 1. The number of allylic oxidation sites excluding steroid dienone is 25. The lowest BCUT2D eigenvalue weighted by Crippen LogP contribution is -2.45. The van der Waals surface area contributed by atoms with E-state index < -0.39 is 20.0 Å². The number of unbranched alkanes of at least 4 members (excludes halogenated alkanes) is 22. The molecule has 3 atom stereocenters. The molecule has 0 aromatic rings. The van der Waals surface area contributed by atoms with Gasteiger partial charge in [0.1, 0.15) is 13.2 Å². The molecule has 9 heteroatoms. The van der Waals surface area contributed by atoms with E-state index >= 15 is 0 Å². The number of amides is 1. The molecule has 0 bridgehead atoms. The lowest BCUT2D eigenvalue weighted by Gasteiger charge is -2.25. The lowest BCUT2D eigenvalue weighted by atomic mass is 10.0. The van der Waals surface area contributed by atoms with Crippen molar-refractivity contribution in [2.45, 2.75) is 264 Å². The second kappa shape index (κ2) is 62.6. The molecule has 0 aliphatic heterocycles. The molecule has 3 unspecified atom stereocenters. The SMILES string of the molecule is CC/C=C\C/C=C\C/C=C\C/C=C\C/C=C\C/C=C\C/C=C\C/C=C\C/C=C\C/C=C\CCCCCCCCC(=O)NC(COP(=O)(O)OCC[N+](C)(C)C)C(O)/C=C/CC/C=C/CC/C=C/CCCCCCCCCCCCCCCC. The Kier molecular flexibility index (Phi) is 59.7. The Balaban J connectivity index is 4.27. The number of carbonyl (C=O) groups excluding carboxylic acids is 1. The first-order valence-corrected chi connectivity index (χ1v) is 34.9. The van der Waals surface area contributed by atoms with Gasteiger partial charge in [0.05, 0.1) is 39.9 Å². The number of rotatable bonds is 59. The lowest BCUT2D eigenvalue weighted by molar-refractivity contribution is -0.870. The van der Waals surface area contributed by atoms with E-state index in [9.17, 15) is 19.4 Å². The van der Waals surface area contributed by atoms with Crippen LogP contribution in [-0.4, -0.2) is 73.4 Å². The smallest absolute Gasteiger partial charge is 0.387 e. The average molecular weight is 1170 g/mol. The van der Waals surface area contributed by atoms with Crippen LogP contribution in [0.25, 0.3) is 0 Å². The van der Waals surface area contributed by atoms with Crippen molar-refractivity contribution in [3.05, 3.63) is 158 Å². The highest BCUT2D eigenvalue weighted by molar-refractivity contribution is 7.47. The molecule has 0 saturated heterocycles. The summed E-state index contributed by atoms with van der Waals surface area (Å²) in [7, 11) is 1.51. The Labute approximate surface area is 511 Å². The van der Waals surface area contributed by atoms with Crippen LogP contribution in [0.2, 0.25) is 0 Å². The summed E-state index contributed by atoms with van der Waals surface area (Å²) in [6.45, 7) is 4.66. The zero-order chi connectivity index (χ0) is 60.5. The largest absolute Gasteiger partial charge is 0.472 e. The van der Waals surface area contributed by atoms with Gasteiger partial charge in [0.15, 0.2) is 0 Å². The molecule has 0 aliphatic rings. The monoisotopic (exact) mass is 1170 g/mol. The van der Waals surface area contributed by atoms with Crippen LogP contribution < -0.4 is 5.32 Å². The average Bonchev–Trinajstić information content (AvgIpc) is 3.50. The summed E-state index contributed by atoms with van der Waals surface area (Å²) in [5.41, 5.74) is 0. The second-order valence-electron chi connectivity index (χ2n) is 23.1. The summed E-state index contributed by atoms with van der Waals surface area (Å²) < 4.78 is 23.7. The predicted octanol–water partition coefficient (Wildman–Crippen LogP) is 21.4. The zero-order valence-corrected chi connectivity index (χ0v) is 54.8. The van der Waals surface area contributed by atoms with Gasteiger partial charge in [-0.25, -0.2) is 4.57 Å². The normalized spacial score (nSPS) is 14.7. The number of hydrogen-bond donors (Lipinski definition) is 3. The van der Waals surface area contributed by atoms with Gasteiger partial charge in [0.25, 0.3) is 0 Å². The Morgan fingerprint density at radius 2 is 0.735 bits per heavy atom. The van der Waals surface area contributed by atoms with Crippen molar-refractivity contribution in [2.75, 3.05) is 40.9 Å². The van der Waals surface area contributed by atoms with E-state index in [0.717, 1.165) is 135 Å². The molecule has 3 N–H and O–H groups in total. The van der Waals surface area contributed by atoms with E-state index in [-0.39, 0.29) is 19.1 Å². The van der Waals surface area contributed by atoms with Crippen LogP contribution in [-0.2, 0) is 18.4 Å². The number of nitrogens with zero attached hydrogens (tertiary/aromatic N) is 1. The first kappa shape index (κ1) is 79.1. The maximum absolute atomic E-state index is 13.0. The van der Waals surface area contributed by atoms with Crippen LogP contribution in [0.1, 0.15) is 251 Å². The van der Waals surface area contributed by atoms with Crippen molar-refractivity contribution in [3.8, 4) is 0 Å². The molecule has 1 amide bonds. The molecular weight excluding hydrogens is 1040 g/mol. The molecule has 0 heterocycles. The van der Waals surface area contributed by atoms with Gasteiger partial charge in [-0.3, -0.25) is 13.8 Å². The van der Waals surface area contributed by atoms with E-state index in [1.807, 2.05) is 27.2 Å². The molecular formula is C74H126N2O6P+. The fourth-order valence-corrected chi connectivity index (χ4v) is 9.54. The number of carbonyl (C=O) groups is 1. The maximum Gasteiger partial charge on any atom is 0.472 e. The number of quaternary nitrogens is 1. The minimum atomic E-state index is -4.38. The molecule has 8 nitrogen and oxygen atoms in total. The van der Waals surface area contributed by atoms with Gasteiger partial charge in [-0.15, -0.1) is 0 Å². The van der Waals surface area contributed by atoms with Crippen molar-refractivity contribution in [2.24, 2.45) is 0 Å². The number of phosphoric ester groups is 1. The summed E-state index contributed by atoms with van der Waals surface area (Å²) in [5.74, 6) is -0.211. The number of phosphoric acid groups is 1. The number of hydrogen-bond acceptors (Lipinski definition) is 5. The third-order valence-electron chi connectivity index (χ3n) is 14.0. The highest BCUT2D eigenvalue weighted by Gasteiger charge is 2.27. The summed E-state index contributed by atoms with van der Waals surface area (Å²) in [6, 6.07) is -0.892. The minimum Gasteiger partial charge on any atom is -0.387 e. The first-order chi connectivity index (χ1) is 40.5. The zero-order valence-electron chi connectivity index (χ0n) is 53.9. The first-order valence-electron chi connectivity index (χ1n) is 33.4. The highest BCUT2D eigenvalue weighted by Crippen LogP contribution is 2.43. The van der Waals surface area contributed by atoms with Gasteiger partial charge in [-0.05, 0) is 122 Å². The number of aliphatic hydroxyl groups excluding tert-OH is 1. The van der Waals surface area contributed by atoms with Gasteiger partial charge in [-0.1, -0.05) is 281 Å². The highest BCUT2D eigenvalue weighted by atomic mass is 31.2. The van der Waals surface area contributed by atoms with Crippen LogP contribution in [0.5, 0.6) is 0 Å². The molecule has 0 radical (unpaired) electrons. The van der Waals surface area contributed by atoms with Gasteiger partial charge in [-0.2, -0.15) is 0 Å². The molecule has 0 fully saturated rings. The van der Waals surface area contributed by atoms with Crippen molar-refractivity contribution >= 4 is 13.7 Å². The fraction of sp³-hybridized carbons (Fsp3) is 0.635. The molecule has 0 aromatic carbocycles. The Hall–Kier alpha value is -3.88. The van der Waals surface area contributed by atoms with Gasteiger partial charge >= 0.3 is 7.82 Å². The molecule has 472 valence electrons. The third-order valence-corrected chi connectivity index (χ3v) is 14.9. The number of nitrogens with one attached hydrogen (secondary N) is 1. The van der Waals surface area contributed by atoms with E-state index in [0.29, 0.717) is 17.4 Å². The van der Waals surface area contributed by atoms with Crippen molar-refractivity contribution in [1.82, 2.24) is 5.32 Å². The summed E-state index contributed by atoms with van der Waals surface area (Å²) in [4.78, 5) is 23.4. The van der Waals surface area contributed by atoms with Gasteiger partial charge in [0, 0.05) is 6.42 Å². The topological polar surface area (TPSA) is 105 Å². The Morgan fingerprint density at radius 3 is 1.11 bits per heavy atom. The molecule has 83 heavy (non-hydrogen) atoms. The molecule has 0 aromatic heterocycles. The second-order valence-corrected chi connectivity index (χ2v) is 24.5. The Morgan fingerprint density at radius 1 is 0.422 bits per heavy atom. The summed E-state index contributed by atoms with van der Waals surface area (Å²) in [6.07, 6.45) is 98.0. The molecule has 0 saturated carbocycles.